The Morgan fingerprint density at radius 1 is 1.44 bits per heavy atom. The molecule has 1 aliphatic heterocycles. The van der Waals surface area contributed by atoms with Crippen LogP contribution in [0.3, 0.4) is 0 Å². The van der Waals surface area contributed by atoms with Gasteiger partial charge in [-0.15, -0.1) is 0 Å². The van der Waals surface area contributed by atoms with Crippen molar-refractivity contribution in [3.8, 4) is 0 Å². The van der Waals surface area contributed by atoms with Crippen LogP contribution in [0.15, 0.2) is 24.3 Å². The van der Waals surface area contributed by atoms with Gasteiger partial charge in [0.05, 0.1) is 0 Å². The molecule has 0 fully saturated rings. The molecule has 3 heteroatoms. The Labute approximate surface area is 114 Å². The van der Waals surface area contributed by atoms with Crippen LogP contribution >= 0.6 is 11.8 Å². The summed E-state index contributed by atoms with van der Waals surface area (Å²) in [4.78, 5) is 0. The highest BCUT2D eigenvalue weighted by molar-refractivity contribution is 7.98. The second kappa shape index (κ2) is 6.30. The molecule has 3 N–H and O–H groups in total. The molecule has 0 bridgehead atoms. The van der Waals surface area contributed by atoms with Gasteiger partial charge in [0.25, 0.3) is 0 Å². The summed E-state index contributed by atoms with van der Waals surface area (Å²) in [5, 5.41) is 3.56. The molecule has 0 radical (unpaired) electrons. The molecule has 1 aromatic rings. The molecular formula is C15H22N2S. The van der Waals surface area contributed by atoms with Crippen LogP contribution in [0.25, 0.3) is 5.57 Å². The van der Waals surface area contributed by atoms with Crippen molar-refractivity contribution in [1.82, 2.24) is 5.32 Å². The standard InChI is InChI=1S/C15H22N2S/c1-11-3-4-15(16)14(9-11)12-5-7-17-13(10-12)6-8-18-2/h3-4,9-10,13,17H,5-8,16H2,1-2H3. The fraction of sp³-hybridized carbons (Fsp3) is 0.467. The summed E-state index contributed by atoms with van der Waals surface area (Å²) in [7, 11) is 0. The van der Waals surface area contributed by atoms with E-state index in [1.54, 1.807) is 0 Å². The lowest BCUT2D eigenvalue weighted by Gasteiger charge is -2.23. The van der Waals surface area contributed by atoms with Gasteiger partial charge in [0, 0.05) is 17.3 Å². The Kier molecular flexibility index (Phi) is 4.72. The van der Waals surface area contributed by atoms with Crippen molar-refractivity contribution in [2.24, 2.45) is 0 Å². The van der Waals surface area contributed by atoms with Gasteiger partial charge < -0.3 is 11.1 Å². The predicted octanol–water partition coefficient (Wildman–Crippen LogP) is 3.08. The van der Waals surface area contributed by atoms with Gasteiger partial charge in [-0.1, -0.05) is 17.7 Å². The van der Waals surface area contributed by atoms with E-state index < -0.39 is 0 Å². The van der Waals surface area contributed by atoms with E-state index in [4.69, 9.17) is 5.73 Å². The molecule has 1 aromatic carbocycles. The first-order chi connectivity index (χ1) is 8.70. The number of hydrogen-bond donors (Lipinski definition) is 2. The second-order valence-corrected chi connectivity index (χ2v) is 5.86. The van der Waals surface area contributed by atoms with Crippen LogP contribution in [0.2, 0.25) is 0 Å². The largest absolute Gasteiger partial charge is 0.398 e. The van der Waals surface area contributed by atoms with Crippen LogP contribution < -0.4 is 11.1 Å². The van der Waals surface area contributed by atoms with Crippen LogP contribution in [0.4, 0.5) is 5.69 Å². The number of nitrogens with one attached hydrogen (secondary N) is 1. The molecule has 1 heterocycles. The number of anilines is 1. The van der Waals surface area contributed by atoms with Gasteiger partial charge in [-0.3, -0.25) is 0 Å². The summed E-state index contributed by atoms with van der Waals surface area (Å²) in [6.45, 7) is 3.17. The van der Waals surface area contributed by atoms with Crippen LogP contribution in [0, 0.1) is 6.92 Å². The number of hydrogen-bond acceptors (Lipinski definition) is 3. The molecule has 98 valence electrons. The lowest BCUT2D eigenvalue weighted by atomic mass is 9.94. The van der Waals surface area contributed by atoms with Crippen LogP contribution in [-0.2, 0) is 0 Å². The van der Waals surface area contributed by atoms with Crippen LogP contribution in [-0.4, -0.2) is 24.6 Å². The van der Waals surface area contributed by atoms with E-state index in [-0.39, 0.29) is 0 Å². The van der Waals surface area contributed by atoms with Gasteiger partial charge in [0.2, 0.25) is 0 Å². The maximum absolute atomic E-state index is 6.10. The first kappa shape index (κ1) is 13.5. The number of thioether (sulfide) groups is 1. The molecule has 1 aliphatic rings. The Hall–Kier alpha value is -0.930. The van der Waals surface area contributed by atoms with Crippen molar-refractivity contribution < 1.29 is 0 Å². The van der Waals surface area contributed by atoms with Gasteiger partial charge in [0.1, 0.15) is 0 Å². The van der Waals surface area contributed by atoms with Crippen molar-refractivity contribution in [3.05, 3.63) is 35.4 Å². The molecule has 0 aliphatic carbocycles. The number of benzene rings is 1. The number of aryl methyl sites for hydroxylation is 1. The summed E-state index contributed by atoms with van der Waals surface area (Å²) in [5.74, 6) is 1.20. The van der Waals surface area contributed by atoms with Gasteiger partial charge in [-0.25, -0.2) is 0 Å². The van der Waals surface area contributed by atoms with Crippen molar-refractivity contribution >= 4 is 23.0 Å². The van der Waals surface area contributed by atoms with Gasteiger partial charge in [-0.2, -0.15) is 11.8 Å². The minimum Gasteiger partial charge on any atom is -0.398 e. The zero-order valence-corrected chi connectivity index (χ0v) is 12.0. The maximum atomic E-state index is 6.10. The Morgan fingerprint density at radius 2 is 2.28 bits per heavy atom. The van der Waals surface area contributed by atoms with E-state index >= 15 is 0 Å². The Morgan fingerprint density at radius 3 is 3.06 bits per heavy atom. The van der Waals surface area contributed by atoms with E-state index in [0.717, 1.165) is 18.7 Å². The number of nitrogens with two attached hydrogens (primary N) is 1. The minimum absolute atomic E-state index is 0.501. The van der Waals surface area contributed by atoms with Crippen LogP contribution in [0.1, 0.15) is 24.0 Å². The molecule has 2 rings (SSSR count). The summed E-state index contributed by atoms with van der Waals surface area (Å²) < 4.78 is 0. The molecule has 0 amide bonds. The summed E-state index contributed by atoms with van der Waals surface area (Å²) >= 11 is 1.90. The third-order valence-electron chi connectivity index (χ3n) is 3.39. The van der Waals surface area contributed by atoms with E-state index in [2.05, 4.69) is 36.7 Å². The quantitative estimate of drug-likeness (QED) is 0.819. The van der Waals surface area contributed by atoms with E-state index in [0.29, 0.717) is 6.04 Å². The normalized spacial score (nSPS) is 19.7. The Bertz CT molecular complexity index is 440. The van der Waals surface area contributed by atoms with Crippen molar-refractivity contribution in [3.63, 3.8) is 0 Å². The molecule has 0 saturated heterocycles. The lowest BCUT2D eigenvalue weighted by Crippen LogP contribution is -2.32. The van der Waals surface area contributed by atoms with E-state index in [1.807, 2.05) is 17.8 Å². The Balaban J connectivity index is 2.20. The van der Waals surface area contributed by atoms with Gasteiger partial charge in [-0.05, 0) is 56.0 Å². The highest BCUT2D eigenvalue weighted by atomic mass is 32.2. The smallest absolute Gasteiger partial charge is 0.0390 e. The summed E-state index contributed by atoms with van der Waals surface area (Å²) in [6.07, 6.45) is 6.79. The van der Waals surface area contributed by atoms with Crippen molar-refractivity contribution in [1.29, 1.82) is 0 Å². The molecular weight excluding hydrogens is 240 g/mol. The lowest BCUT2D eigenvalue weighted by molar-refractivity contribution is 0.572. The number of rotatable bonds is 4. The predicted molar refractivity (Wildman–Crippen MR) is 83.0 cm³/mol. The fourth-order valence-electron chi connectivity index (χ4n) is 2.38. The van der Waals surface area contributed by atoms with E-state index in [1.165, 1.54) is 28.9 Å². The highest BCUT2D eigenvalue weighted by Gasteiger charge is 2.15. The molecule has 1 unspecified atom stereocenters. The average Bonchev–Trinajstić information content (AvgIpc) is 2.39. The van der Waals surface area contributed by atoms with Gasteiger partial charge >= 0.3 is 0 Å². The summed E-state index contributed by atoms with van der Waals surface area (Å²) in [5.41, 5.74) is 10.9. The van der Waals surface area contributed by atoms with E-state index in [9.17, 15) is 0 Å². The van der Waals surface area contributed by atoms with Crippen molar-refractivity contribution in [2.75, 3.05) is 24.3 Å². The fourth-order valence-corrected chi connectivity index (χ4v) is 2.87. The maximum Gasteiger partial charge on any atom is 0.0390 e. The monoisotopic (exact) mass is 262 g/mol. The van der Waals surface area contributed by atoms with Crippen LogP contribution in [0.5, 0.6) is 0 Å². The molecule has 18 heavy (non-hydrogen) atoms. The SMILES string of the molecule is CSCCC1C=C(c2cc(C)ccc2N)CCN1. The highest BCUT2D eigenvalue weighted by Crippen LogP contribution is 2.28. The summed E-state index contributed by atoms with van der Waals surface area (Å²) in [6, 6.07) is 6.80. The molecule has 2 nitrogen and oxygen atoms in total. The van der Waals surface area contributed by atoms with Gasteiger partial charge in [0.15, 0.2) is 0 Å². The zero-order chi connectivity index (χ0) is 13.0. The van der Waals surface area contributed by atoms with Crippen molar-refractivity contribution in [2.45, 2.75) is 25.8 Å². The topological polar surface area (TPSA) is 38.0 Å². The average molecular weight is 262 g/mol. The first-order valence-corrected chi connectivity index (χ1v) is 7.89. The third-order valence-corrected chi connectivity index (χ3v) is 4.03. The minimum atomic E-state index is 0.501. The molecule has 0 spiro atoms. The number of nitrogen functional groups attached to an aromatic ring is 1. The first-order valence-electron chi connectivity index (χ1n) is 6.50. The molecule has 1 atom stereocenters. The third kappa shape index (κ3) is 3.30. The molecule has 0 saturated carbocycles. The zero-order valence-electron chi connectivity index (χ0n) is 11.2. The second-order valence-electron chi connectivity index (χ2n) is 4.87. The molecule has 0 aromatic heterocycles.